The molecule has 0 saturated carbocycles. The molecule has 6 heteroatoms. The number of rotatable bonds is 2. The number of H-pyrrole nitrogens is 1. The van der Waals surface area contributed by atoms with E-state index in [0.29, 0.717) is 12.1 Å². The number of urea groups is 1. The van der Waals surface area contributed by atoms with Crippen molar-refractivity contribution in [2.24, 2.45) is 0 Å². The normalized spacial score (nSPS) is 19.1. The molecule has 1 aliphatic carbocycles. The van der Waals surface area contributed by atoms with Crippen LogP contribution in [-0.2, 0) is 11.8 Å². The van der Waals surface area contributed by atoms with Gasteiger partial charge in [0.2, 0.25) is 0 Å². The minimum absolute atomic E-state index is 0.00695. The Hall–Kier alpha value is -2.89. The average Bonchev–Trinajstić information content (AvgIpc) is 3.19. The van der Waals surface area contributed by atoms with Crippen LogP contribution < -0.4 is 10.6 Å². The smallest absolute Gasteiger partial charge is 0.319 e. The van der Waals surface area contributed by atoms with Gasteiger partial charge in [-0.3, -0.25) is 5.10 Å². The maximum atomic E-state index is 14.7. The molecular formula is C21H23FN4O. The first-order valence-electron chi connectivity index (χ1n) is 9.10. The van der Waals surface area contributed by atoms with Crippen LogP contribution in [0.3, 0.4) is 0 Å². The van der Waals surface area contributed by atoms with E-state index in [4.69, 9.17) is 0 Å². The Morgan fingerprint density at radius 3 is 2.85 bits per heavy atom. The van der Waals surface area contributed by atoms with E-state index in [9.17, 15) is 9.18 Å². The van der Waals surface area contributed by atoms with Crippen molar-refractivity contribution in [3.05, 3.63) is 59.3 Å². The molecule has 3 N–H and O–H groups in total. The number of nitrogens with one attached hydrogen (secondary N) is 3. The molecule has 0 unspecified atom stereocenters. The molecule has 140 valence electrons. The number of carbonyl (C=O) groups excluding carboxylic acids is 1. The van der Waals surface area contributed by atoms with Gasteiger partial charge in [-0.25, -0.2) is 9.18 Å². The molecule has 4 rings (SSSR count). The first kappa shape index (κ1) is 17.5. The van der Waals surface area contributed by atoms with Crippen molar-refractivity contribution in [1.82, 2.24) is 15.5 Å². The Morgan fingerprint density at radius 2 is 2.07 bits per heavy atom. The van der Waals surface area contributed by atoms with Crippen LogP contribution in [0, 0.1) is 0 Å². The Labute approximate surface area is 157 Å². The quantitative estimate of drug-likeness (QED) is 0.619. The van der Waals surface area contributed by atoms with Crippen LogP contribution in [0.25, 0.3) is 10.9 Å². The lowest BCUT2D eigenvalue weighted by molar-refractivity contribution is 0.232. The number of amides is 2. The number of carbonyl (C=O) groups is 1. The number of nitrogens with zero attached hydrogens (tertiary/aromatic N) is 1. The zero-order valence-corrected chi connectivity index (χ0v) is 15.6. The lowest BCUT2D eigenvalue weighted by Gasteiger charge is -2.21. The van der Waals surface area contributed by atoms with E-state index >= 15 is 0 Å². The van der Waals surface area contributed by atoms with Crippen LogP contribution in [0.2, 0.25) is 0 Å². The van der Waals surface area contributed by atoms with Crippen molar-refractivity contribution >= 4 is 22.6 Å². The van der Waals surface area contributed by atoms with Crippen molar-refractivity contribution in [2.45, 2.75) is 44.8 Å². The Morgan fingerprint density at radius 1 is 1.26 bits per heavy atom. The number of hydrogen-bond donors (Lipinski definition) is 3. The van der Waals surface area contributed by atoms with Gasteiger partial charge < -0.3 is 10.6 Å². The molecule has 0 saturated heterocycles. The molecule has 1 aliphatic rings. The van der Waals surface area contributed by atoms with Crippen molar-refractivity contribution in [2.75, 3.05) is 5.32 Å². The predicted octanol–water partition coefficient (Wildman–Crippen LogP) is 4.62. The molecule has 3 aromatic rings. The van der Waals surface area contributed by atoms with Gasteiger partial charge >= 0.3 is 6.03 Å². The van der Waals surface area contributed by atoms with Gasteiger partial charge in [0.25, 0.3) is 0 Å². The summed E-state index contributed by atoms with van der Waals surface area (Å²) in [7, 11) is 0. The molecule has 2 aromatic carbocycles. The van der Waals surface area contributed by atoms with Gasteiger partial charge in [-0.1, -0.05) is 45.0 Å². The molecule has 0 fully saturated rings. The van der Waals surface area contributed by atoms with Gasteiger partial charge in [0, 0.05) is 11.8 Å². The van der Waals surface area contributed by atoms with E-state index < -0.39 is 18.2 Å². The van der Waals surface area contributed by atoms with Crippen molar-refractivity contribution in [3.8, 4) is 0 Å². The van der Waals surface area contributed by atoms with Crippen LogP contribution in [0.1, 0.15) is 43.5 Å². The standard InChI is InChI=1S/C21H23FN4O/c1-21(2,3)13-7-8-14-12(9-13)10-16(22)19(14)25-20(27)24-17-5-4-6-18-15(17)11-23-26-18/h4-9,11,16,19H,10H2,1-3H3,(H,23,26)(H2,24,25,27)/t16-,19+/m0/s1. The van der Waals surface area contributed by atoms with Gasteiger partial charge in [-0.2, -0.15) is 5.10 Å². The number of alkyl halides is 1. The van der Waals surface area contributed by atoms with Gasteiger partial charge in [0.1, 0.15) is 6.17 Å². The maximum Gasteiger partial charge on any atom is 0.319 e. The summed E-state index contributed by atoms with van der Waals surface area (Å²) >= 11 is 0. The molecule has 1 aromatic heterocycles. The van der Waals surface area contributed by atoms with Crippen LogP contribution >= 0.6 is 0 Å². The highest BCUT2D eigenvalue weighted by Crippen LogP contribution is 2.36. The van der Waals surface area contributed by atoms with Gasteiger partial charge in [-0.15, -0.1) is 0 Å². The zero-order chi connectivity index (χ0) is 19.2. The molecule has 27 heavy (non-hydrogen) atoms. The average molecular weight is 366 g/mol. The summed E-state index contributed by atoms with van der Waals surface area (Å²) in [5, 5.41) is 13.3. The van der Waals surface area contributed by atoms with E-state index in [0.717, 1.165) is 22.0 Å². The van der Waals surface area contributed by atoms with E-state index in [1.54, 1.807) is 12.3 Å². The van der Waals surface area contributed by atoms with Crippen LogP contribution in [0.15, 0.2) is 42.6 Å². The number of hydrogen-bond acceptors (Lipinski definition) is 2. The fraction of sp³-hybridized carbons (Fsp3) is 0.333. The predicted molar refractivity (Wildman–Crippen MR) is 105 cm³/mol. The van der Waals surface area contributed by atoms with Crippen LogP contribution in [0.5, 0.6) is 0 Å². The third kappa shape index (κ3) is 3.27. The molecular weight excluding hydrogens is 343 g/mol. The monoisotopic (exact) mass is 366 g/mol. The fourth-order valence-electron chi connectivity index (χ4n) is 3.62. The van der Waals surface area contributed by atoms with E-state index in [-0.39, 0.29) is 5.41 Å². The minimum Gasteiger partial charge on any atom is -0.328 e. The van der Waals surface area contributed by atoms with Crippen molar-refractivity contribution in [3.63, 3.8) is 0 Å². The number of anilines is 1. The molecule has 0 radical (unpaired) electrons. The largest absolute Gasteiger partial charge is 0.328 e. The Kier molecular flexibility index (Phi) is 4.13. The summed E-state index contributed by atoms with van der Waals surface area (Å²) in [5.41, 5.74) is 4.47. The summed E-state index contributed by atoms with van der Waals surface area (Å²) in [6.45, 7) is 6.41. The summed E-state index contributed by atoms with van der Waals surface area (Å²) in [5.74, 6) is 0. The van der Waals surface area contributed by atoms with Crippen LogP contribution in [-0.4, -0.2) is 22.4 Å². The molecule has 5 nitrogen and oxygen atoms in total. The molecule has 0 spiro atoms. The number of halogens is 1. The first-order valence-corrected chi connectivity index (χ1v) is 9.10. The Balaban J connectivity index is 1.53. The van der Waals surface area contributed by atoms with Gasteiger partial charge in [0.15, 0.2) is 0 Å². The fourth-order valence-corrected chi connectivity index (χ4v) is 3.62. The molecule has 1 heterocycles. The third-order valence-electron chi connectivity index (χ3n) is 5.14. The highest BCUT2D eigenvalue weighted by Gasteiger charge is 2.34. The van der Waals surface area contributed by atoms with Crippen molar-refractivity contribution in [1.29, 1.82) is 0 Å². The zero-order valence-electron chi connectivity index (χ0n) is 15.6. The molecule has 2 atom stereocenters. The number of fused-ring (bicyclic) bond motifs is 2. The summed E-state index contributed by atoms with van der Waals surface area (Å²) in [6, 6.07) is 10.5. The molecule has 0 aliphatic heterocycles. The highest BCUT2D eigenvalue weighted by molar-refractivity contribution is 6.00. The SMILES string of the molecule is CC(C)(C)c1ccc2c(c1)C[C@H](F)[C@@H]2NC(=O)Nc1cccc2[nH]ncc12. The second-order valence-electron chi connectivity index (χ2n) is 8.10. The first-order chi connectivity index (χ1) is 12.8. The molecule has 2 amide bonds. The van der Waals surface area contributed by atoms with Gasteiger partial charge in [0.05, 0.1) is 23.4 Å². The summed E-state index contributed by atoms with van der Waals surface area (Å²) in [6.07, 6.45) is 0.842. The number of aromatic nitrogens is 2. The summed E-state index contributed by atoms with van der Waals surface area (Å²) < 4.78 is 14.7. The van der Waals surface area contributed by atoms with E-state index in [1.807, 2.05) is 24.3 Å². The Bertz CT molecular complexity index is 1000. The second kappa shape index (κ2) is 6.37. The number of benzene rings is 2. The maximum absolute atomic E-state index is 14.7. The number of aromatic amines is 1. The van der Waals surface area contributed by atoms with Crippen molar-refractivity contribution < 1.29 is 9.18 Å². The van der Waals surface area contributed by atoms with Gasteiger partial charge in [-0.05, 0) is 34.2 Å². The summed E-state index contributed by atoms with van der Waals surface area (Å²) in [4.78, 5) is 12.5. The van der Waals surface area contributed by atoms with E-state index in [1.165, 1.54) is 5.56 Å². The highest BCUT2D eigenvalue weighted by atomic mass is 19.1. The minimum atomic E-state index is -1.13. The lowest BCUT2D eigenvalue weighted by atomic mass is 9.85. The second-order valence-corrected chi connectivity index (χ2v) is 8.10. The van der Waals surface area contributed by atoms with E-state index in [2.05, 4.69) is 47.7 Å². The molecule has 0 bridgehead atoms. The van der Waals surface area contributed by atoms with Crippen LogP contribution in [0.4, 0.5) is 14.9 Å². The lowest BCUT2D eigenvalue weighted by Crippen LogP contribution is -2.35. The third-order valence-corrected chi connectivity index (χ3v) is 5.14. The topological polar surface area (TPSA) is 69.8 Å².